The maximum atomic E-state index is 12.7. The van der Waals surface area contributed by atoms with Crippen molar-refractivity contribution in [2.75, 3.05) is 37.8 Å². The molecule has 27 heteroatoms. The lowest BCUT2D eigenvalue weighted by Crippen LogP contribution is -2.46. The molecule has 0 saturated carbocycles. The van der Waals surface area contributed by atoms with E-state index >= 15 is 0 Å². The summed E-state index contributed by atoms with van der Waals surface area (Å²) in [6.07, 6.45) is 5.67. The standard InChI is InChI=1S/C33H56N7O16P3S/c1-5-7-8-9-10-11-12-13-22(6-2)60-17-16-35-24(41)14-15-36-31(44)28(43)33(3,4)19-53-59(50,51)56-58(48,49)52-18-23-27(55-57(45,46)47)26(42)32(54-23)40-21-39-25-29(34)37-20-38-30(25)40/h5,7-8,20-23,26-28,32,42-43H,1,6,9-19H2,2-4H3,(H,35,41)(H,36,44)(H,48,49)(H,50,51)(H2,34,37,38)(H2,45,46,47)/b8-7+/t22?,23-,26-,27-,28+,32-/m1/s1. The largest absolute Gasteiger partial charge is 0.481 e. The Morgan fingerprint density at radius 3 is 2.48 bits per heavy atom. The van der Waals surface area contributed by atoms with Crippen molar-refractivity contribution >= 4 is 64.0 Å². The van der Waals surface area contributed by atoms with Gasteiger partial charge < -0.3 is 50.9 Å². The molecule has 2 amide bonds. The van der Waals surface area contributed by atoms with Crippen LogP contribution < -0.4 is 16.4 Å². The van der Waals surface area contributed by atoms with E-state index in [1.165, 1.54) is 13.8 Å². The lowest BCUT2D eigenvalue weighted by molar-refractivity contribution is -0.137. The van der Waals surface area contributed by atoms with Gasteiger partial charge in [-0.1, -0.05) is 58.4 Å². The van der Waals surface area contributed by atoms with Crippen molar-refractivity contribution in [2.24, 2.45) is 5.41 Å². The number of aliphatic hydroxyl groups excluding tert-OH is 2. The highest BCUT2D eigenvalue weighted by Gasteiger charge is 2.50. The minimum Gasteiger partial charge on any atom is -0.386 e. The first kappa shape index (κ1) is 51.7. The van der Waals surface area contributed by atoms with Crippen molar-refractivity contribution < 1.29 is 75.7 Å². The summed E-state index contributed by atoms with van der Waals surface area (Å²) in [5.74, 6) is -0.542. The Morgan fingerprint density at radius 1 is 1.08 bits per heavy atom. The second-order valence-corrected chi connectivity index (χ2v) is 19.9. The number of carbonyl (C=O) groups is 2. The van der Waals surface area contributed by atoms with Gasteiger partial charge in [-0.3, -0.25) is 27.7 Å². The first-order chi connectivity index (χ1) is 28.1. The molecule has 0 radical (unpaired) electrons. The fourth-order valence-electron chi connectivity index (χ4n) is 5.76. The van der Waals surface area contributed by atoms with E-state index in [0.29, 0.717) is 11.8 Å². The van der Waals surface area contributed by atoms with E-state index < -0.39 is 78.6 Å². The molecule has 1 saturated heterocycles. The molecule has 3 heterocycles. The highest BCUT2D eigenvalue weighted by Crippen LogP contribution is 2.61. The number of nitrogens with two attached hydrogens (primary N) is 1. The lowest BCUT2D eigenvalue weighted by atomic mass is 9.87. The monoisotopic (exact) mass is 931 g/mol. The van der Waals surface area contributed by atoms with Crippen molar-refractivity contribution in [2.45, 2.75) is 102 Å². The van der Waals surface area contributed by atoms with Gasteiger partial charge >= 0.3 is 23.5 Å². The fraction of sp³-hybridized carbons (Fsp3) is 0.667. The Hall–Kier alpha value is -2.63. The quantitative estimate of drug-likeness (QED) is 0.0336. The molecule has 23 nitrogen and oxygen atoms in total. The maximum Gasteiger partial charge on any atom is 0.481 e. The van der Waals surface area contributed by atoms with Crippen molar-refractivity contribution in [3.63, 3.8) is 0 Å². The molecule has 60 heavy (non-hydrogen) atoms. The normalized spacial score (nSPS) is 21.7. The molecule has 0 aromatic carbocycles. The van der Waals surface area contributed by atoms with E-state index in [1.807, 2.05) is 6.08 Å². The summed E-state index contributed by atoms with van der Waals surface area (Å²) in [5, 5.41) is 27.2. The third-order valence-corrected chi connectivity index (χ3v) is 13.6. The first-order valence-electron chi connectivity index (χ1n) is 18.9. The Balaban J connectivity index is 1.43. The summed E-state index contributed by atoms with van der Waals surface area (Å²) in [4.78, 5) is 76.1. The molecule has 1 fully saturated rings. The van der Waals surface area contributed by atoms with Crippen molar-refractivity contribution in [1.29, 1.82) is 0 Å². The van der Waals surface area contributed by atoms with Crippen LogP contribution in [0.5, 0.6) is 0 Å². The van der Waals surface area contributed by atoms with Crippen LogP contribution in [0.3, 0.4) is 0 Å². The number of unbranched alkanes of at least 4 members (excludes halogenated alkanes) is 3. The van der Waals surface area contributed by atoms with Crippen LogP contribution in [0.1, 0.15) is 71.9 Å². The Bertz CT molecular complexity index is 1900. The van der Waals surface area contributed by atoms with Gasteiger partial charge in [0, 0.05) is 35.9 Å². The van der Waals surface area contributed by atoms with E-state index in [4.69, 9.17) is 19.5 Å². The van der Waals surface area contributed by atoms with E-state index in [2.05, 4.69) is 54.0 Å². The minimum absolute atomic E-state index is 0.0348. The zero-order valence-corrected chi connectivity index (χ0v) is 36.9. The van der Waals surface area contributed by atoms with Crippen LogP contribution in [-0.2, 0) is 45.9 Å². The van der Waals surface area contributed by atoms with Crippen molar-refractivity contribution in [1.82, 2.24) is 30.2 Å². The first-order valence-corrected chi connectivity index (χ1v) is 24.4. The molecular formula is C33H56N7O16P3S. The summed E-state index contributed by atoms with van der Waals surface area (Å²) in [7, 11) is -16.4. The van der Waals surface area contributed by atoms with E-state index in [0.717, 1.165) is 61.5 Å². The predicted octanol–water partition coefficient (Wildman–Crippen LogP) is 2.61. The number of anilines is 1. The van der Waals surface area contributed by atoms with Crippen molar-refractivity contribution in [3.8, 4) is 0 Å². The molecule has 340 valence electrons. The molecule has 2 aromatic heterocycles. The maximum absolute atomic E-state index is 12.7. The second-order valence-electron chi connectivity index (χ2n) is 14.3. The number of thioether (sulfide) groups is 1. The van der Waals surface area contributed by atoms with Gasteiger partial charge in [-0.25, -0.2) is 28.6 Å². The van der Waals surface area contributed by atoms with Crippen LogP contribution in [0, 0.1) is 5.41 Å². The van der Waals surface area contributed by atoms with Gasteiger partial charge in [0.25, 0.3) is 0 Å². The van der Waals surface area contributed by atoms with Crippen LogP contribution >= 0.6 is 35.2 Å². The van der Waals surface area contributed by atoms with Gasteiger partial charge in [-0.05, 0) is 25.7 Å². The molecule has 0 aliphatic carbocycles. The number of ether oxygens (including phenoxy) is 1. The molecule has 3 rings (SSSR count). The minimum atomic E-state index is -5.56. The third kappa shape index (κ3) is 16.9. The average molecular weight is 932 g/mol. The summed E-state index contributed by atoms with van der Waals surface area (Å²) >= 11 is 1.80. The van der Waals surface area contributed by atoms with E-state index in [9.17, 15) is 53.1 Å². The molecule has 10 N–H and O–H groups in total. The number of nitrogen functional groups attached to an aromatic ring is 1. The Labute approximate surface area is 351 Å². The third-order valence-electron chi connectivity index (χ3n) is 8.98. The number of nitrogens with zero attached hydrogens (tertiary/aromatic N) is 4. The molecule has 3 unspecified atom stereocenters. The van der Waals surface area contributed by atoms with E-state index in [1.54, 1.807) is 17.8 Å². The number of phosphoric acid groups is 3. The zero-order valence-electron chi connectivity index (χ0n) is 33.4. The molecule has 2 aromatic rings. The number of fused-ring (bicyclic) bond motifs is 1. The number of aromatic nitrogens is 4. The Kier molecular flexibility index (Phi) is 20.4. The number of phosphoric ester groups is 3. The highest BCUT2D eigenvalue weighted by molar-refractivity contribution is 7.99. The van der Waals surface area contributed by atoms with Gasteiger partial charge in [-0.15, -0.1) is 0 Å². The lowest BCUT2D eigenvalue weighted by Gasteiger charge is -2.30. The summed E-state index contributed by atoms with van der Waals surface area (Å²) in [6, 6.07) is 0. The van der Waals surface area contributed by atoms with Gasteiger partial charge in [0.1, 0.15) is 36.3 Å². The fourth-order valence-corrected chi connectivity index (χ4v) is 9.72. The number of aliphatic hydroxyl groups is 2. The van der Waals surface area contributed by atoms with Gasteiger partial charge in [0.2, 0.25) is 11.8 Å². The second kappa shape index (κ2) is 23.7. The van der Waals surface area contributed by atoms with Crippen LogP contribution in [0.4, 0.5) is 5.82 Å². The Morgan fingerprint density at radius 2 is 1.80 bits per heavy atom. The van der Waals surface area contributed by atoms with Gasteiger partial charge in [0.05, 0.1) is 19.5 Å². The van der Waals surface area contributed by atoms with E-state index in [-0.39, 0.29) is 35.9 Å². The molecule has 1 aliphatic heterocycles. The average Bonchev–Trinajstić information content (AvgIpc) is 3.73. The topological polar surface area (TPSA) is 347 Å². The molecule has 8 atom stereocenters. The summed E-state index contributed by atoms with van der Waals surface area (Å²) in [5.41, 5.74) is 4.32. The number of hydrogen-bond donors (Lipinski definition) is 9. The summed E-state index contributed by atoms with van der Waals surface area (Å²) < 4.78 is 62.4. The molecule has 0 bridgehead atoms. The number of hydrogen-bond acceptors (Lipinski definition) is 17. The van der Waals surface area contributed by atoms with Gasteiger partial charge in [0.15, 0.2) is 17.7 Å². The number of rotatable bonds is 28. The molecule has 0 spiro atoms. The van der Waals surface area contributed by atoms with Crippen LogP contribution in [0.15, 0.2) is 37.5 Å². The van der Waals surface area contributed by atoms with Crippen LogP contribution in [-0.4, -0.2) is 123 Å². The van der Waals surface area contributed by atoms with Gasteiger partial charge in [-0.2, -0.15) is 16.1 Å². The number of amides is 2. The smallest absolute Gasteiger partial charge is 0.386 e. The van der Waals surface area contributed by atoms with Crippen LogP contribution in [0.2, 0.25) is 0 Å². The highest BCUT2D eigenvalue weighted by atomic mass is 32.2. The SMILES string of the molecule is C=C/C=C/CCCCCC(CC)SCCNC(=O)CCNC(=O)[C@H](O)C(C)(C)COP(=O)(O)OP(=O)(O)OC[C@H]1O[C@@H](n2cnc3c(N)ncnc32)[C@H](O)[C@@H]1OP(=O)(O)O. The molecular weight excluding hydrogens is 875 g/mol. The number of allylic oxidation sites excluding steroid dienone is 3. The van der Waals surface area contributed by atoms with Crippen molar-refractivity contribution in [3.05, 3.63) is 37.5 Å². The zero-order chi connectivity index (χ0) is 44.7. The predicted molar refractivity (Wildman–Crippen MR) is 219 cm³/mol. The molecule has 1 aliphatic rings. The number of imidazole rings is 1. The summed E-state index contributed by atoms with van der Waals surface area (Å²) in [6.45, 7) is 6.71. The number of carbonyl (C=O) groups excluding carboxylic acids is 2. The van der Waals surface area contributed by atoms with Crippen LogP contribution in [0.25, 0.3) is 11.2 Å². The number of nitrogens with one attached hydrogen (secondary N) is 2.